The minimum absolute atomic E-state index is 0.0803. The molecule has 0 atom stereocenters. The van der Waals surface area contributed by atoms with Gasteiger partial charge in [0.05, 0.1) is 0 Å². The Bertz CT molecular complexity index is 745. The number of aromatic nitrogens is 2. The van der Waals surface area contributed by atoms with Crippen molar-refractivity contribution in [2.45, 2.75) is 6.42 Å². The van der Waals surface area contributed by atoms with E-state index in [9.17, 15) is 15.3 Å². The lowest BCUT2D eigenvalue weighted by atomic mass is 10.1. The summed E-state index contributed by atoms with van der Waals surface area (Å²) in [5.74, 6) is 0.725. The Labute approximate surface area is 119 Å². The van der Waals surface area contributed by atoms with Crippen LogP contribution in [0.15, 0.2) is 47.0 Å². The van der Waals surface area contributed by atoms with Crippen molar-refractivity contribution in [3.05, 3.63) is 53.9 Å². The molecule has 0 aliphatic heterocycles. The maximum atomic E-state index is 9.45. The van der Waals surface area contributed by atoms with Gasteiger partial charge in [-0.3, -0.25) is 0 Å². The van der Waals surface area contributed by atoms with Crippen LogP contribution in [0.4, 0.5) is 0 Å². The zero-order chi connectivity index (χ0) is 14.8. The molecule has 2 aromatic carbocycles. The van der Waals surface area contributed by atoms with E-state index in [4.69, 9.17) is 4.52 Å². The molecule has 0 amide bonds. The summed E-state index contributed by atoms with van der Waals surface area (Å²) in [6.07, 6.45) is 0.453. The number of nitrogens with zero attached hydrogens (tertiary/aromatic N) is 2. The lowest BCUT2D eigenvalue weighted by Gasteiger charge is -1.98. The number of rotatable bonds is 3. The molecule has 1 heterocycles. The zero-order valence-corrected chi connectivity index (χ0v) is 10.9. The fourth-order valence-electron chi connectivity index (χ4n) is 1.96. The van der Waals surface area contributed by atoms with Gasteiger partial charge in [-0.05, 0) is 29.8 Å². The van der Waals surface area contributed by atoms with E-state index in [1.807, 2.05) is 0 Å². The Hall–Kier alpha value is -3.02. The third-order valence-corrected chi connectivity index (χ3v) is 2.92. The van der Waals surface area contributed by atoms with Crippen LogP contribution in [0, 0.1) is 0 Å². The highest BCUT2D eigenvalue weighted by Gasteiger charge is 2.11. The van der Waals surface area contributed by atoms with Gasteiger partial charge in [0.1, 0.15) is 17.2 Å². The van der Waals surface area contributed by atoms with E-state index < -0.39 is 0 Å². The van der Waals surface area contributed by atoms with Gasteiger partial charge in [0.25, 0.3) is 5.89 Å². The maximum Gasteiger partial charge on any atom is 0.258 e. The van der Waals surface area contributed by atoms with Crippen molar-refractivity contribution in [2.24, 2.45) is 0 Å². The van der Waals surface area contributed by atoms with Crippen molar-refractivity contribution in [1.82, 2.24) is 10.1 Å². The molecule has 0 saturated carbocycles. The lowest BCUT2D eigenvalue weighted by molar-refractivity contribution is 0.421. The SMILES string of the molecule is Oc1ccc(Cc2noc(-c3cc(O)cc(O)c3)n2)cc1. The summed E-state index contributed by atoms with van der Waals surface area (Å²) in [7, 11) is 0. The van der Waals surface area contributed by atoms with Crippen molar-refractivity contribution in [3.63, 3.8) is 0 Å². The molecule has 0 spiro atoms. The zero-order valence-electron chi connectivity index (χ0n) is 10.9. The molecule has 0 unspecified atom stereocenters. The summed E-state index contributed by atoms with van der Waals surface area (Å²) in [6, 6.07) is 10.8. The minimum Gasteiger partial charge on any atom is -0.508 e. The van der Waals surface area contributed by atoms with Gasteiger partial charge in [-0.1, -0.05) is 17.3 Å². The van der Waals surface area contributed by atoms with Gasteiger partial charge in [0.2, 0.25) is 0 Å². The van der Waals surface area contributed by atoms with Gasteiger partial charge >= 0.3 is 0 Å². The second kappa shape index (κ2) is 5.16. The normalized spacial score (nSPS) is 10.7. The predicted octanol–water partition coefficient (Wildman–Crippen LogP) is 2.44. The first-order chi connectivity index (χ1) is 10.1. The Morgan fingerprint density at radius 3 is 2.19 bits per heavy atom. The van der Waals surface area contributed by atoms with E-state index in [2.05, 4.69) is 10.1 Å². The topological polar surface area (TPSA) is 99.6 Å². The molecule has 6 nitrogen and oxygen atoms in total. The van der Waals surface area contributed by atoms with Crippen molar-refractivity contribution < 1.29 is 19.8 Å². The van der Waals surface area contributed by atoms with Gasteiger partial charge < -0.3 is 19.8 Å². The molecular formula is C15H12N2O4. The van der Waals surface area contributed by atoms with Crippen molar-refractivity contribution in [3.8, 4) is 28.7 Å². The van der Waals surface area contributed by atoms with E-state index in [0.29, 0.717) is 17.8 Å². The van der Waals surface area contributed by atoms with Crippen LogP contribution in [-0.4, -0.2) is 25.5 Å². The first kappa shape index (κ1) is 13.0. The lowest BCUT2D eigenvalue weighted by Crippen LogP contribution is -1.90. The summed E-state index contributed by atoms with van der Waals surface area (Å²) in [5.41, 5.74) is 1.37. The van der Waals surface area contributed by atoms with Crippen LogP contribution in [0.1, 0.15) is 11.4 Å². The van der Waals surface area contributed by atoms with Crippen LogP contribution in [0.25, 0.3) is 11.5 Å². The average Bonchev–Trinajstić information content (AvgIpc) is 2.89. The van der Waals surface area contributed by atoms with Crippen molar-refractivity contribution in [1.29, 1.82) is 0 Å². The Morgan fingerprint density at radius 2 is 1.52 bits per heavy atom. The number of phenols is 3. The van der Waals surface area contributed by atoms with Gasteiger partial charge in [0.15, 0.2) is 5.82 Å². The van der Waals surface area contributed by atoms with Gasteiger partial charge in [-0.15, -0.1) is 0 Å². The molecule has 0 bridgehead atoms. The molecule has 3 rings (SSSR count). The fraction of sp³-hybridized carbons (Fsp3) is 0.0667. The van der Waals surface area contributed by atoms with Crippen LogP contribution in [0.2, 0.25) is 0 Å². The largest absolute Gasteiger partial charge is 0.508 e. The third kappa shape index (κ3) is 2.94. The Kier molecular flexibility index (Phi) is 3.19. The molecule has 1 aromatic heterocycles. The molecule has 21 heavy (non-hydrogen) atoms. The fourth-order valence-corrected chi connectivity index (χ4v) is 1.96. The molecular weight excluding hydrogens is 272 g/mol. The second-order valence-electron chi connectivity index (χ2n) is 4.60. The quantitative estimate of drug-likeness (QED) is 0.683. The van der Waals surface area contributed by atoms with Crippen LogP contribution in [0.5, 0.6) is 17.2 Å². The van der Waals surface area contributed by atoms with Crippen LogP contribution in [-0.2, 0) is 6.42 Å². The second-order valence-corrected chi connectivity index (χ2v) is 4.60. The Balaban J connectivity index is 1.84. The number of phenolic OH excluding ortho intramolecular Hbond substituents is 3. The summed E-state index contributed by atoms with van der Waals surface area (Å²) < 4.78 is 5.12. The first-order valence-electron chi connectivity index (χ1n) is 6.24. The molecule has 3 N–H and O–H groups in total. The number of benzene rings is 2. The average molecular weight is 284 g/mol. The van der Waals surface area contributed by atoms with Crippen LogP contribution < -0.4 is 0 Å². The van der Waals surface area contributed by atoms with Gasteiger partial charge in [-0.25, -0.2) is 0 Å². The number of hydrogen-bond donors (Lipinski definition) is 3. The molecule has 0 aliphatic rings. The van der Waals surface area contributed by atoms with E-state index in [1.165, 1.54) is 18.2 Å². The van der Waals surface area contributed by atoms with E-state index in [0.717, 1.165) is 5.56 Å². The van der Waals surface area contributed by atoms with Crippen molar-refractivity contribution >= 4 is 0 Å². The van der Waals surface area contributed by atoms with Crippen LogP contribution in [0.3, 0.4) is 0 Å². The molecule has 106 valence electrons. The molecule has 6 heteroatoms. The highest BCUT2D eigenvalue weighted by molar-refractivity contribution is 5.58. The first-order valence-corrected chi connectivity index (χ1v) is 6.24. The molecule has 0 fully saturated rings. The van der Waals surface area contributed by atoms with Crippen LogP contribution >= 0.6 is 0 Å². The van der Waals surface area contributed by atoms with Gasteiger partial charge in [0, 0.05) is 18.1 Å². The summed E-state index contributed by atoms with van der Waals surface area (Å²) >= 11 is 0. The maximum absolute atomic E-state index is 9.45. The number of hydrogen-bond acceptors (Lipinski definition) is 6. The summed E-state index contributed by atoms with van der Waals surface area (Å²) in [5, 5.41) is 32.0. The Morgan fingerprint density at radius 1 is 0.857 bits per heavy atom. The highest BCUT2D eigenvalue weighted by Crippen LogP contribution is 2.27. The third-order valence-electron chi connectivity index (χ3n) is 2.92. The highest BCUT2D eigenvalue weighted by atomic mass is 16.5. The van der Waals surface area contributed by atoms with Gasteiger partial charge in [-0.2, -0.15) is 4.98 Å². The molecule has 3 aromatic rings. The molecule has 0 aliphatic carbocycles. The molecule has 0 saturated heterocycles. The standard InChI is InChI=1S/C15H12N2O4/c18-11-3-1-9(2-4-11)5-14-16-15(21-17-14)10-6-12(19)8-13(20)7-10/h1-4,6-8,18-20H,5H2. The van der Waals surface area contributed by atoms with E-state index in [1.54, 1.807) is 24.3 Å². The van der Waals surface area contributed by atoms with E-state index >= 15 is 0 Å². The summed E-state index contributed by atoms with van der Waals surface area (Å²) in [6.45, 7) is 0. The van der Waals surface area contributed by atoms with Crippen molar-refractivity contribution in [2.75, 3.05) is 0 Å². The number of aromatic hydroxyl groups is 3. The monoisotopic (exact) mass is 284 g/mol. The van der Waals surface area contributed by atoms with E-state index in [-0.39, 0.29) is 23.1 Å². The molecule has 0 radical (unpaired) electrons. The smallest absolute Gasteiger partial charge is 0.258 e. The summed E-state index contributed by atoms with van der Waals surface area (Å²) in [4.78, 5) is 4.22. The predicted molar refractivity (Wildman–Crippen MR) is 74.0 cm³/mol. The minimum atomic E-state index is -0.0803.